The zero-order valence-corrected chi connectivity index (χ0v) is 16.0. The SMILES string of the molecule is COc1cc(/C=C2/SC(=S)N(C)C2=O)ccc1OCC(=O)OC(C)C. The third kappa shape index (κ3) is 4.96. The Labute approximate surface area is 156 Å². The van der Waals surface area contributed by atoms with Crippen molar-refractivity contribution < 1.29 is 23.8 Å². The molecule has 0 N–H and O–H groups in total. The minimum atomic E-state index is -0.451. The molecule has 0 aromatic heterocycles. The highest BCUT2D eigenvalue weighted by atomic mass is 32.2. The maximum Gasteiger partial charge on any atom is 0.344 e. The van der Waals surface area contributed by atoms with Crippen LogP contribution in [0.4, 0.5) is 0 Å². The van der Waals surface area contributed by atoms with Crippen LogP contribution in [0.25, 0.3) is 6.08 Å². The number of rotatable bonds is 6. The van der Waals surface area contributed by atoms with Gasteiger partial charge in [-0.2, -0.15) is 0 Å². The van der Waals surface area contributed by atoms with Crippen molar-refractivity contribution >= 4 is 46.3 Å². The molecular formula is C17H19NO5S2. The van der Waals surface area contributed by atoms with Gasteiger partial charge in [-0.3, -0.25) is 9.69 Å². The number of likely N-dealkylation sites (N-methyl/N-ethyl adjacent to an activating group) is 1. The van der Waals surface area contributed by atoms with Crippen molar-refractivity contribution in [3.8, 4) is 11.5 Å². The molecule has 2 rings (SSSR count). The van der Waals surface area contributed by atoms with Crippen molar-refractivity contribution in [3.05, 3.63) is 28.7 Å². The predicted molar refractivity (Wildman–Crippen MR) is 101 cm³/mol. The fraction of sp³-hybridized carbons (Fsp3) is 0.353. The van der Waals surface area contributed by atoms with E-state index in [0.717, 1.165) is 5.56 Å². The second kappa shape index (κ2) is 8.35. The van der Waals surface area contributed by atoms with E-state index >= 15 is 0 Å². The highest BCUT2D eigenvalue weighted by Gasteiger charge is 2.28. The van der Waals surface area contributed by atoms with E-state index in [1.54, 1.807) is 45.2 Å². The topological polar surface area (TPSA) is 65.1 Å². The van der Waals surface area contributed by atoms with Gasteiger partial charge in [-0.05, 0) is 37.6 Å². The molecule has 1 fully saturated rings. The molecule has 1 aromatic carbocycles. The number of hydrogen-bond acceptors (Lipinski definition) is 7. The molecule has 8 heteroatoms. The largest absolute Gasteiger partial charge is 0.493 e. The Morgan fingerprint density at radius 3 is 2.64 bits per heavy atom. The van der Waals surface area contributed by atoms with E-state index in [-0.39, 0.29) is 18.6 Å². The van der Waals surface area contributed by atoms with Crippen molar-refractivity contribution in [2.24, 2.45) is 0 Å². The van der Waals surface area contributed by atoms with Gasteiger partial charge in [0.25, 0.3) is 5.91 Å². The summed E-state index contributed by atoms with van der Waals surface area (Å²) >= 11 is 6.36. The lowest BCUT2D eigenvalue weighted by Gasteiger charge is -2.12. The smallest absolute Gasteiger partial charge is 0.344 e. The van der Waals surface area contributed by atoms with Gasteiger partial charge in [0.2, 0.25) is 0 Å². The Balaban J connectivity index is 2.13. The number of esters is 1. The first-order valence-electron chi connectivity index (χ1n) is 7.53. The molecule has 1 heterocycles. The lowest BCUT2D eigenvalue weighted by molar-refractivity contribution is -0.149. The van der Waals surface area contributed by atoms with Gasteiger partial charge in [0, 0.05) is 7.05 Å². The zero-order chi connectivity index (χ0) is 18.6. The summed E-state index contributed by atoms with van der Waals surface area (Å²) in [5.41, 5.74) is 0.767. The van der Waals surface area contributed by atoms with Gasteiger partial charge in [-0.15, -0.1) is 0 Å². The summed E-state index contributed by atoms with van der Waals surface area (Å²) in [5, 5.41) is 0. The lowest BCUT2D eigenvalue weighted by atomic mass is 10.2. The van der Waals surface area contributed by atoms with Gasteiger partial charge in [0.1, 0.15) is 4.32 Å². The van der Waals surface area contributed by atoms with Gasteiger partial charge in [0.05, 0.1) is 18.1 Å². The average Bonchev–Trinajstić information content (AvgIpc) is 2.80. The molecule has 0 spiro atoms. The number of hydrogen-bond donors (Lipinski definition) is 0. The van der Waals surface area contributed by atoms with Gasteiger partial charge in [-0.25, -0.2) is 4.79 Å². The molecule has 0 unspecified atom stereocenters. The van der Waals surface area contributed by atoms with Crippen molar-refractivity contribution in [2.45, 2.75) is 20.0 Å². The monoisotopic (exact) mass is 381 g/mol. The fourth-order valence-corrected chi connectivity index (χ4v) is 3.20. The van der Waals surface area contributed by atoms with E-state index in [9.17, 15) is 9.59 Å². The Morgan fingerprint density at radius 1 is 1.36 bits per heavy atom. The van der Waals surface area contributed by atoms with E-state index in [1.807, 2.05) is 0 Å². The molecule has 6 nitrogen and oxygen atoms in total. The first-order valence-corrected chi connectivity index (χ1v) is 8.76. The minimum Gasteiger partial charge on any atom is -0.493 e. The van der Waals surface area contributed by atoms with Crippen LogP contribution in [-0.2, 0) is 14.3 Å². The van der Waals surface area contributed by atoms with Crippen LogP contribution in [0.15, 0.2) is 23.1 Å². The maximum absolute atomic E-state index is 12.0. The first kappa shape index (κ1) is 19.3. The van der Waals surface area contributed by atoms with Gasteiger partial charge in [-0.1, -0.05) is 30.0 Å². The third-order valence-electron chi connectivity index (χ3n) is 3.18. The van der Waals surface area contributed by atoms with Crippen molar-refractivity contribution in [3.63, 3.8) is 0 Å². The van der Waals surface area contributed by atoms with Gasteiger partial charge < -0.3 is 14.2 Å². The average molecular weight is 381 g/mol. The van der Waals surface area contributed by atoms with Crippen LogP contribution in [0.2, 0.25) is 0 Å². The molecule has 0 radical (unpaired) electrons. The summed E-state index contributed by atoms with van der Waals surface area (Å²) in [6, 6.07) is 5.18. The van der Waals surface area contributed by atoms with Crippen LogP contribution in [0, 0.1) is 0 Å². The summed E-state index contributed by atoms with van der Waals surface area (Å²) in [4.78, 5) is 25.6. The third-order valence-corrected chi connectivity index (χ3v) is 4.67. The predicted octanol–water partition coefficient (Wildman–Crippen LogP) is 2.86. The number of thiocarbonyl (C=S) groups is 1. The molecule has 134 valence electrons. The highest BCUT2D eigenvalue weighted by Crippen LogP contribution is 2.34. The number of benzene rings is 1. The fourth-order valence-electron chi connectivity index (χ4n) is 2.02. The molecule has 0 atom stereocenters. The second-order valence-electron chi connectivity index (χ2n) is 5.48. The Kier molecular flexibility index (Phi) is 6.44. The lowest BCUT2D eigenvalue weighted by Crippen LogP contribution is -2.22. The number of methoxy groups -OCH3 is 1. The molecule has 1 aromatic rings. The summed E-state index contributed by atoms with van der Waals surface area (Å²) in [7, 11) is 3.15. The summed E-state index contributed by atoms with van der Waals surface area (Å²) in [6.45, 7) is 3.33. The second-order valence-corrected chi connectivity index (χ2v) is 7.15. The van der Waals surface area contributed by atoms with E-state index in [4.69, 9.17) is 26.4 Å². The van der Waals surface area contributed by atoms with E-state index < -0.39 is 5.97 Å². The highest BCUT2D eigenvalue weighted by molar-refractivity contribution is 8.26. The molecule has 0 bridgehead atoms. The molecule has 1 amide bonds. The van der Waals surface area contributed by atoms with Crippen LogP contribution in [0.5, 0.6) is 11.5 Å². The Bertz CT molecular complexity index is 730. The van der Waals surface area contributed by atoms with Crippen molar-refractivity contribution in [2.75, 3.05) is 20.8 Å². The van der Waals surface area contributed by atoms with Crippen molar-refractivity contribution in [1.82, 2.24) is 4.90 Å². The van der Waals surface area contributed by atoms with Crippen LogP contribution in [0.1, 0.15) is 19.4 Å². The van der Waals surface area contributed by atoms with Crippen LogP contribution >= 0.6 is 24.0 Å². The van der Waals surface area contributed by atoms with Gasteiger partial charge in [0.15, 0.2) is 18.1 Å². The number of amides is 1. The molecule has 0 aliphatic carbocycles. The molecule has 25 heavy (non-hydrogen) atoms. The molecule has 0 saturated carbocycles. The van der Waals surface area contributed by atoms with Crippen LogP contribution < -0.4 is 9.47 Å². The number of carbonyl (C=O) groups is 2. The van der Waals surface area contributed by atoms with Crippen molar-refractivity contribution in [1.29, 1.82) is 0 Å². The number of carbonyl (C=O) groups excluding carboxylic acids is 2. The first-order chi connectivity index (χ1) is 11.8. The van der Waals surface area contributed by atoms with Crippen LogP contribution in [0.3, 0.4) is 0 Å². The standard InChI is InChI=1S/C17H19NO5S2/c1-10(2)23-15(19)9-22-12-6-5-11(7-13(12)21-4)8-14-16(20)18(3)17(24)25-14/h5-8,10H,9H2,1-4H3/b14-8+. The summed E-state index contributed by atoms with van der Waals surface area (Å²) < 4.78 is 16.3. The Morgan fingerprint density at radius 2 is 2.08 bits per heavy atom. The summed E-state index contributed by atoms with van der Waals surface area (Å²) in [6.07, 6.45) is 1.54. The van der Waals surface area contributed by atoms with E-state index in [2.05, 4.69) is 0 Å². The van der Waals surface area contributed by atoms with E-state index in [0.29, 0.717) is 20.7 Å². The number of nitrogens with zero attached hydrogens (tertiary/aromatic N) is 1. The quantitative estimate of drug-likeness (QED) is 0.426. The van der Waals surface area contributed by atoms with E-state index in [1.165, 1.54) is 23.8 Å². The number of ether oxygens (including phenoxy) is 3. The normalized spacial score (nSPS) is 15.9. The molecule has 1 saturated heterocycles. The van der Waals surface area contributed by atoms with Gasteiger partial charge >= 0.3 is 5.97 Å². The number of thioether (sulfide) groups is 1. The Hall–Kier alpha value is -2.06. The molecule has 1 aliphatic rings. The molecule has 1 aliphatic heterocycles. The van der Waals surface area contributed by atoms with Crippen LogP contribution in [-0.4, -0.2) is 48.0 Å². The summed E-state index contributed by atoms with van der Waals surface area (Å²) in [5.74, 6) is 0.292. The zero-order valence-electron chi connectivity index (χ0n) is 14.4. The molecular weight excluding hydrogens is 362 g/mol. The minimum absolute atomic E-state index is 0.134. The maximum atomic E-state index is 12.0.